The molecular weight excluding hydrogens is 336 g/mol. The van der Waals surface area contributed by atoms with Crippen LogP contribution in [0.1, 0.15) is 50.5 Å². The molecule has 0 heterocycles. The van der Waals surface area contributed by atoms with Crippen LogP contribution in [0.2, 0.25) is 0 Å². The van der Waals surface area contributed by atoms with Crippen molar-refractivity contribution >= 4 is 25.8 Å². The lowest BCUT2D eigenvalue weighted by Crippen LogP contribution is -2.09. The van der Waals surface area contributed by atoms with Gasteiger partial charge in [0.05, 0.1) is 11.5 Å². The van der Waals surface area contributed by atoms with E-state index in [4.69, 9.17) is 0 Å². The van der Waals surface area contributed by atoms with E-state index in [-0.39, 0.29) is 5.75 Å². The van der Waals surface area contributed by atoms with Crippen molar-refractivity contribution in [2.24, 2.45) is 0 Å². The third kappa shape index (κ3) is 8.75. The lowest BCUT2D eigenvalue weighted by Gasteiger charge is -2.05. The molecule has 0 aromatic heterocycles. The fourth-order valence-electron chi connectivity index (χ4n) is 2.20. The first-order valence-corrected chi connectivity index (χ1v) is 10.4. The molecular formula is C16H25BrO2S. The second kappa shape index (κ2) is 10.4. The predicted molar refractivity (Wildman–Crippen MR) is 90.0 cm³/mol. The predicted octanol–water partition coefficient (Wildman–Crippen LogP) is 4.73. The van der Waals surface area contributed by atoms with Gasteiger partial charge in [0.15, 0.2) is 9.84 Å². The number of alkyl halides is 1. The van der Waals surface area contributed by atoms with Crippen molar-refractivity contribution in [2.75, 3.05) is 11.1 Å². The highest BCUT2D eigenvalue weighted by Gasteiger charge is 2.11. The summed E-state index contributed by atoms with van der Waals surface area (Å²) in [6.07, 6.45) is 8.00. The number of rotatable bonds is 11. The quantitative estimate of drug-likeness (QED) is 0.422. The van der Waals surface area contributed by atoms with E-state index in [9.17, 15) is 8.42 Å². The van der Waals surface area contributed by atoms with Crippen molar-refractivity contribution in [2.45, 2.75) is 50.7 Å². The molecule has 0 N–H and O–H groups in total. The summed E-state index contributed by atoms with van der Waals surface area (Å²) < 4.78 is 23.9. The molecule has 2 nitrogen and oxygen atoms in total. The van der Waals surface area contributed by atoms with E-state index in [1.54, 1.807) is 0 Å². The lowest BCUT2D eigenvalue weighted by molar-refractivity contribution is 0.579. The Hall–Kier alpha value is -0.350. The van der Waals surface area contributed by atoms with Gasteiger partial charge in [-0.15, -0.1) is 0 Å². The van der Waals surface area contributed by atoms with Crippen LogP contribution >= 0.6 is 15.9 Å². The van der Waals surface area contributed by atoms with Gasteiger partial charge in [-0.05, 0) is 18.4 Å². The van der Waals surface area contributed by atoms with Crippen molar-refractivity contribution in [3.8, 4) is 0 Å². The number of sulfone groups is 1. The normalized spacial score (nSPS) is 11.7. The molecule has 0 unspecified atom stereocenters. The lowest BCUT2D eigenvalue weighted by atomic mass is 10.1. The van der Waals surface area contributed by atoms with Crippen LogP contribution in [0.15, 0.2) is 30.3 Å². The maximum atomic E-state index is 12.0. The van der Waals surface area contributed by atoms with Crippen LogP contribution in [-0.2, 0) is 15.6 Å². The minimum absolute atomic E-state index is 0.180. The molecule has 0 aliphatic rings. The van der Waals surface area contributed by atoms with Gasteiger partial charge in [-0.1, -0.05) is 78.4 Å². The first-order valence-electron chi connectivity index (χ1n) is 7.44. The molecule has 0 saturated carbocycles. The molecule has 20 heavy (non-hydrogen) atoms. The Bertz CT molecular complexity index is 443. The van der Waals surface area contributed by atoms with Crippen LogP contribution in [0.25, 0.3) is 0 Å². The molecule has 1 aromatic carbocycles. The number of hydrogen-bond acceptors (Lipinski definition) is 2. The molecule has 0 spiro atoms. The average Bonchev–Trinajstić information content (AvgIpc) is 2.42. The maximum Gasteiger partial charge on any atom is 0.154 e. The van der Waals surface area contributed by atoms with E-state index >= 15 is 0 Å². The largest absolute Gasteiger partial charge is 0.228 e. The summed E-state index contributed by atoms with van der Waals surface area (Å²) in [5.41, 5.74) is 0.891. The summed E-state index contributed by atoms with van der Waals surface area (Å²) in [6.45, 7) is 0. The third-order valence-electron chi connectivity index (χ3n) is 3.32. The van der Waals surface area contributed by atoms with Gasteiger partial charge in [-0.2, -0.15) is 0 Å². The van der Waals surface area contributed by atoms with E-state index < -0.39 is 9.84 Å². The Morgan fingerprint density at radius 2 is 1.35 bits per heavy atom. The number of halogens is 1. The third-order valence-corrected chi connectivity index (χ3v) is 5.56. The van der Waals surface area contributed by atoms with Crippen LogP contribution < -0.4 is 0 Å². The molecule has 0 bridgehead atoms. The maximum absolute atomic E-state index is 12.0. The highest BCUT2D eigenvalue weighted by atomic mass is 79.9. The van der Waals surface area contributed by atoms with Crippen molar-refractivity contribution in [1.29, 1.82) is 0 Å². The molecule has 0 radical (unpaired) electrons. The van der Waals surface area contributed by atoms with E-state index in [0.29, 0.717) is 5.75 Å². The van der Waals surface area contributed by atoms with Crippen LogP contribution in [0.3, 0.4) is 0 Å². The van der Waals surface area contributed by atoms with Crippen LogP contribution in [0, 0.1) is 0 Å². The zero-order valence-electron chi connectivity index (χ0n) is 12.1. The zero-order chi connectivity index (χ0) is 14.7. The summed E-state index contributed by atoms with van der Waals surface area (Å²) in [7, 11) is -2.94. The number of unbranched alkanes of at least 4 members (excludes halogenated alkanes) is 6. The van der Waals surface area contributed by atoms with Gasteiger partial charge in [0, 0.05) is 5.33 Å². The van der Waals surface area contributed by atoms with E-state index in [1.165, 1.54) is 25.7 Å². The molecule has 0 saturated heterocycles. The van der Waals surface area contributed by atoms with Crippen LogP contribution in [0.5, 0.6) is 0 Å². The van der Waals surface area contributed by atoms with E-state index in [1.807, 2.05) is 30.3 Å². The Morgan fingerprint density at radius 3 is 1.95 bits per heavy atom. The van der Waals surface area contributed by atoms with Crippen molar-refractivity contribution in [3.05, 3.63) is 35.9 Å². The van der Waals surface area contributed by atoms with Gasteiger partial charge < -0.3 is 0 Å². The monoisotopic (exact) mass is 360 g/mol. The second-order valence-corrected chi connectivity index (χ2v) is 8.22. The SMILES string of the molecule is O=S(=O)(CCCCCCCCCBr)Cc1ccccc1. The van der Waals surface area contributed by atoms with Gasteiger partial charge in [-0.3, -0.25) is 0 Å². The fraction of sp³-hybridized carbons (Fsp3) is 0.625. The van der Waals surface area contributed by atoms with Gasteiger partial charge in [0.1, 0.15) is 0 Å². The summed E-state index contributed by atoms with van der Waals surface area (Å²) in [4.78, 5) is 0. The molecule has 1 rings (SSSR count). The molecule has 0 aliphatic carbocycles. The Labute approximate surface area is 132 Å². The average molecular weight is 361 g/mol. The van der Waals surface area contributed by atoms with E-state index in [0.717, 1.165) is 30.2 Å². The van der Waals surface area contributed by atoms with Gasteiger partial charge in [0.25, 0.3) is 0 Å². The second-order valence-electron chi connectivity index (χ2n) is 5.24. The standard InChI is InChI=1S/C16H25BrO2S/c17-13-9-4-2-1-3-5-10-14-20(18,19)15-16-11-7-6-8-12-16/h6-8,11-12H,1-5,9-10,13-15H2. The molecule has 4 heteroatoms. The number of hydrogen-bond donors (Lipinski definition) is 0. The first-order chi connectivity index (χ1) is 9.64. The zero-order valence-corrected chi connectivity index (χ0v) is 14.5. The molecule has 0 amide bonds. The summed E-state index contributed by atoms with van der Waals surface area (Å²) in [5, 5.41) is 1.09. The van der Waals surface area contributed by atoms with Crippen molar-refractivity contribution < 1.29 is 8.42 Å². The van der Waals surface area contributed by atoms with Crippen molar-refractivity contribution in [1.82, 2.24) is 0 Å². The minimum Gasteiger partial charge on any atom is -0.228 e. The fourth-order valence-corrected chi connectivity index (χ4v) is 4.09. The molecule has 0 fully saturated rings. The Balaban J connectivity index is 2.11. The van der Waals surface area contributed by atoms with Crippen LogP contribution in [0.4, 0.5) is 0 Å². The first kappa shape index (κ1) is 17.7. The molecule has 114 valence electrons. The molecule has 1 aromatic rings. The van der Waals surface area contributed by atoms with Crippen molar-refractivity contribution in [3.63, 3.8) is 0 Å². The number of benzene rings is 1. The Kier molecular flexibility index (Phi) is 9.19. The topological polar surface area (TPSA) is 34.1 Å². The highest BCUT2D eigenvalue weighted by molar-refractivity contribution is 9.09. The molecule has 0 atom stereocenters. The Morgan fingerprint density at radius 1 is 0.800 bits per heavy atom. The van der Waals surface area contributed by atoms with Gasteiger partial charge in [0.2, 0.25) is 0 Å². The highest BCUT2D eigenvalue weighted by Crippen LogP contribution is 2.11. The van der Waals surface area contributed by atoms with Gasteiger partial charge in [-0.25, -0.2) is 8.42 Å². The van der Waals surface area contributed by atoms with Gasteiger partial charge >= 0.3 is 0 Å². The summed E-state index contributed by atoms with van der Waals surface area (Å²) in [6, 6.07) is 9.43. The summed E-state index contributed by atoms with van der Waals surface area (Å²) >= 11 is 3.43. The minimum atomic E-state index is -2.94. The molecule has 0 aliphatic heterocycles. The van der Waals surface area contributed by atoms with Crippen LogP contribution in [-0.4, -0.2) is 19.5 Å². The smallest absolute Gasteiger partial charge is 0.154 e. The summed E-state index contributed by atoms with van der Waals surface area (Å²) in [5.74, 6) is 0.502. The van der Waals surface area contributed by atoms with E-state index in [2.05, 4.69) is 15.9 Å².